The van der Waals surface area contributed by atoms with Crippen LogP contribution in [-0.2, 0) is 6.54 Å². The van der Waals surface area contributed by atoms with E-state index in [4.69, 9.17) is 5.73 Å². The third kappa shape index (κ3) is 3.13. The van der Waals surface area contributed by atoms with Gasteiger partial charge in [-0.05, 0) is 0 Å². The lowest BCUT2D eigenvalue weighted by molar-refractivity contribution is 0.244. The minimum absolute atomic E-state index is 0.0712. The first-order valence-electron chi connectivity index (χ1n) is 3.97. The molecule has 0 unspecified atom stereocenters. The number of hydrogen-bond acceptors (Lipinski definition) is 3. The van der Waals surface area contributed by atoms with Gasteiger partial charge in [0.25, 0.3) is 0 Å². The Morgan fingerprint density at radius 1 is 1.79 bits per heavy atom. The fourth-order valence-electron chi connectivity index (χ4n) is 0.775. The normalized spacial score (nSPS) is 11.1. The van der Waals surface area contributed by atoms with Gasteiger partial charge in [0.05, 0.1) is 6.54 Å². The average Bonchev–Trinajstić information content (AvgIpc) is 2.67. The molecule has 0 aliphatic rings. The van der Waals surface area contributed by atoms with Crippen molar-refractivity contribution in [2.75, 3.05) is 7.05 Å². The van der Waals surface area contributed by atoms with Crippen molar-refractivity contribution in [2.45, 2.75) is 6.54 Å². The number of nitrogens with two attached hydrogens (primary N) is 1. The second-order valence-electron chi connectivity index (χ2n) is 2.45. The van der Waals surface area contributed by atoms with Gasteiger partial charge in [-0.2, -0.15) is 0 Å². The molecule has 0 saturated heterocycles. The lowest BCUT2D eigenvalue weighted by Gasteiger charge is -2.04. The summed E-state index contributed by atoms with van der Waals surface area (Å²) in [5, 5.41) is 4.87. The van der Waals surface area contributed by atoms with E-state index < -0.39 is 6.03 Å². The van der Waals surface area contributed by atoms with Crippen molar-refractivity contribution in [3.63, 3.8) is 0 Å². The van der Waals surface area contributed by atoms with Crippen LogP contribution in [0.3, 0.4) is 0 Å². The summed E-state index contributed by atoms with van der Waals surface area (Å²) in [4.78, 5) is 21.4. The number of urea groups is 1. The number of aliphatic imine (C=N–C) groups is 1. The predicted octanol–water partition coefficient (Wildman–Crippen LogP) is -0.847. The van der Waals surface area contributed by atoms with Crippen molar-refractivity contribution < 1.29 is 4.79 Å². The van der Waals surface area contributed by atoms with Gasteiger partial charge in [0.2, 0.25) is 0 Å². The van der Waals surface area contributed by atoms with Crippen molar-refractivity contribution in [1.82, 2.24) is 20.6 Å². The molecule has 7 nitrogen and oxygen atoms in total. The molecule has 1 rings (SSSR count). The molecule has 1 aromatic heterocycles. The largest absolute Gasteiger partial charge is 0.370 e. The van der Waals surface area contributed by atoms with E-state index in [1.54, 1.807) is 12.4 Å². The lowest BCUT2D eigenvalue weighted by Crippen LogP contribution is -2.43. The number of aromatic amines is 1. The van der Waals surface area contributed by atoms with Crippen LogP contribution in [0, 0.1) is 0 Å². The zero-order valence-corrected chi connectivity index (χ0v) is 7.74. The first kappa shape index (κ1) is 10.0. The number of H-pyrrole nitrogens is 1. The second kappa shape index (κ2) is 4.85. The van der Waals surface area contributed by atoms with Crippen LogP contribution < -0.4 is 16.4 Å². The molecular weight excluding hydrogens is 184 g/mol. The topological polar surface area (TPSA) is 108 Å². The molecule has 2 amide bonds. The first-order valence-corrected chi connectivity index (χ1v) is 3.97. The highest BCUT2D eigenvalue weighted by Crippen LogP contribution is 1.85. The Bertz CT molecular complexity index is 317. The summed E-state index contributed by atoms with van der Waals surface area (Å²) in [6.07, 6.45) is 3.29. The van der Waals surface area contributed by atoms with Crippen molar-refractivity contribution in [3.05, 3.63) is 18.2 Å². The van der Waals surface area contributed by atoms with Gasteiger partial charge in [-0.25, -0.2) is 9.78 Å². The number of guanidine groups is 1. The molecule has 0 aromatic carbocycles. The maximum absolute atomic E-state index is 11.1. The van der Waals surface area contributed by atoms with Gasteiger partial charge in [-0.3, -0.25) is 10.3 Å². The molecule has 0 atom stereocenters. The number of rotatable bonds is 2. The van der Waals surface area contributed by atoms with Crippen LogP contribution in [0.15, 0.2) is 17.4 Å². The van der Waals surface area contributed by atoms with Gasteiger partial charge in [-0.15, -0.1) is 0 Å². The summed E-state index contributed by atoms with van der Waals surface area (Å²) >= 11 is 0. The first-order chi connectivity index (χ1) is 6.72. The minimum atomic E-state index is -0.412. The quantitative estimate of drug-likeness (QED) is 0.365. The highest BCUT2D eigenvalue weighted by Gasteiger charge is 2.01. The predicted molar refractivity (Wildman–Crippen MR) is 51.5 cm³/mol. The minimum Gasteiger partial charge on any atom is -0.370 e. The van der Waals surface area contributed by atoms with E-state index in [0.29, 0.717) is 12.4 Å². The zero-order chi connectivity index (χ0) is 10.4. The molecule has 1 aromatic rings. The van der Waals surface area contributed by atoms with Crippen LogP contribution in [0.2, 0.25) is 0 Å². The highest BCUT2D eigenvalue weighted by atomic mass is 16.2. The molecule has 14 heavy (non-hydrogen) atoms. The molecule has 0 aliphatic heterocycles. The number of imidazole rings is 1. The summed E-state index contributed by atoms with van der Waals surface area (Å²) in [6, 6.07) is -0.412. The van der Waals surface area contributed by atoms with E-state index in [0.717, 1.165) is 0 Å². The SMILES string of the molecule is CN=C(N)NC(=O)NCc1ncc[nH]1. The Morgan fingerprint density at radius 2 is 2.57 bits per heavy atom. The van der Waals surface area contributed by atoms with Crippen LogP contribution >= 0.6 is 0 Å². The van der Waals surface area contributed by atoms with Gasteiger partial charge in [-0.1, -0.05) is 0 Å². The Hall–Kier alpha value is -2.05. The second-order valence-corrected chi connectivity index (χ2v) is 2.45. The summed E-state index contributed by atoms with van der Waals surface area (Å²) in [6.45, 7) is 0.315. The molecule has 0 aliphatic carbocycles. The Balaban J connectivity index is 2.29. The Labute approximate surface area is 80.8 Å². The number of amides is 2. The zero-order valence-electron chi connectivity index (χ0n) is 7.74. The smallest absolute Gasteiger partial charge is 0.321 e. The molecule has 5 N–H and O–H groups in total. The van der Waals surface area contributed by atoms with E-state index in [9.17, 15) is 4.79 Å². The molecule has 0 radical (unpaired) electrons. The molecule has 1 heterocycles. The van der Waals surface area contributed by atoms with Crippen molar-refractivity contribution >= 4 is 12.0 Å². The summed E-state index contributed by atoms with van der Waals surface area (Å²) in [5.41, 5.74) is 5.28. The lowest BCUT2D eigenvalue weighted by atomic mass is 10.6. The molecule has 0 saturated carbocycles. The highest BCUT2D eigenvalue weighted by molar-refractivity contribution is 5.95. The summed E-state index contributed by atoms with van der Waals surface area (Å²) in [7, 11) is 1.49. The number of nitrogens with one attached hydrogen (secondary N) is 3. The van der Waals surface area contributed by atoms with E-state index >= 15 is 0 Å². The number of hydrogen-bond donors (Lipinski definition) is 4. The van der Waals surface area contributed by atoms with E-state index in [2.05, 4.69) is 25.6 Å². The van der Waals surface area contributed by atoms with Crippen LogP contribution in [0.4, 0.5) is 4.79 Å². The van der Waals surface area contributed by atoms with Gasteiger partial charge in [0, 0.05) is 19.4 Å². The average molecular weight is 196 g/mol. The van der Waals surface area contributed by atoms with E-state index in [-0.39, 0.29) is 5.96 Å². The maximum Gasteiger partial charge on any atom is 0.321 e. The standard InChI is InChI=1S/C7H12N6O/c1-9-6(8)13-7(14)12-4-5-10-2-3-11-5/h2-3H,4H2,1H3,(H,10,11)(H4,8,9,12,13,14). The number of carbonyl (C=O) groups excluding carboxylic acids is 1. The van der Waals surface area contributed by atoms with Crippen LogP contribution in [0.25, 0.3) is 0 Å². The fourth-order valence-corrected chi connectivity index (χ4v) is 0.775. The maximum atomic E-state index is 11.1. The van der Waals surface area contributed by atoms with Crippen molar-refractivity contribution in [3.8, 4) is 0 Å². The van der Waals surface area contributed by atoms with Crippen molar-refractivity contribution in [2.24, 2.45) is 10.7 Å². The third-order valence-electron chi connectivity index (χ3n) is 1.45. The van der Waals surface area contributed by atoms with Gasteiger partial charge in [0.15, 0.2) is 5.96 Å². The molecular formula is C7H12N6O. The summed E-state index contributed by atoms with van der Waals surface area (Å²) < 4.78 is 0. The number of nitrogens with zero attached hydrogens (tertiary/aromatic N) is 2. The molecule has 0 bridgehead atoms. The fraction of sp³-hybridized carbons (Fsp3) is 0.286. The number of aromatic nitrogens is 2. The molecule has 0 fully saturated rings. The van der Waals surface area contributed by atoms with Gasteiger partial charge in [0.1, 0.15) is 5.82 Å². The van der Waals surface area contributed by atoms with Crippen LogP contribution in [0.5, 0.6) is 0 Å². The van der Waals surface area contributed by atoms with E-state index in [1.807, 2.05) is 0 Å². The summed E-state index contributed by atoms with van der Waals surface area (Å²) in [5.74, 6) is 0.745. The monoisotopic (exact) mass is 196 g/mol. The Morgan fingerprint density at radius 3 is 3.14 bits per heavy atom. The number of carbonyl (C=O) groups is 1. The molecule has 7 heteroatoms. The third-order valence-corrected chi connectivity index (χ3v) is 1.45. The van der Waals surface area contributed by atoms with E-state index in [1.165, 1.54) is 7.05 Å². The van der Waals surface area contributed by atoms with Gasteiger partial charge >= 0.3 is 6.03 Å². The Kier molecular flexibility index (Phi) is 3.48. The van der Waals surface area contributed by atoms with Gasteiger partial charge < -0.3 is 16.0 Å². The molecule has 76 valence electrons. The van der Waals surface area contributed by atoms with Crippen LogP contribution in [0.1, 0.15) is 5.82 Å². The van der Waals surface area contributed by atoms with Crippen LogP contribution in [-0.4, -0.2) is 29.0 Å². The molecule has 0 spiro atoms. The van der Waals surface area contributed by atoms with Crippen molar-refractivity contribution in [1.29, 1.82) is 0 Å².